The van der Waals surface area contributed by atoms with E-state index >= 15 is 0 Å². The molecular weight excluding hydrogens is 482 g/mol. The van der Waals surface area contributed by atoms with Gasteiger partial charge < -0.3 is 38.0 Å². The molecule has 37 heavy (non-hydrogen) atoms. The largest absolute Gasteiger partial charge is 0.481 e. The van der Waals surface area contributed by atoms with Gasteiger partial charge >= 0.3 is 11.9 Å². The molecule has 0 aromatic heterocycles. The SMILES string of the molecule is CCCCCN(C(=O)C(N)CC(=O)O)C(C(=O)O)(C(=O)C(N)C(C)C)C(C)(C)C(=O)C(N)CCCCN. The van der Waals surface area contributed by atoms with Gasteiger partial charge in [-0.15, -0.1) is 0 Å². The van der Waals surface area contributed by atoms with E-state index in [-0.39, 0.29) is 19.4 Å². The van der Waals surface area contributed by atoms with Crippen molar-refractivity contribution in [2.75, 3.05) is 13.1 Å². The second-order valence-corrected chi connectivity index (χ2v) is 10.4. The van der Waals surface area contributed by atoms with Crippen LogP contribution in [-0.4, -0.2) is 81.3 Å². The molecule has 0 saturated heterocycles. The van der Waals surface area contributed by atoms with Gasteiger partial charge in [0.2, 0.25) is 11.4 Å². The summed E-state index contributed by atoms with van der Waals surface area (Å²) in [5, 5.41) is 19.9. The summed E-state index contributed by atoms with van der Waals surface area (Å²) in [6.07, 6.45) is 2.06. The van der Waals surface area contributed by atoms with Crippen LogP contribution in [0.1, 0.15) is 79.6 Å². The first-order valence-electron chi connectivity index (χ1n) is 12.9. The molecular formula is C25H47N5O7. The molecule has 10 N–H and O–H groups in total. The lowest BCUT2D eigenvalue weighted by Gasteiger charge is -2.50. The number of nitrogens with zero attached hydrogens (tertiary/aromatic N) is 1. The van der Waals surface area contributed by atoms with Crippen LogP contribution in [0, 0.1) is 11.3 Å². The van der Waals surface area contributed by atoms with Crippen molar-refractivity contribution >= 4 is 29.4 Å². The van der Waals surface area contributed by atoms with E-state index in [1.54, 1.807) is 13.8 Å². The van der Waals surface area contributed by atoms with Crippen molar-refractivity contribution in [3.63, 3.8) is 0 Å². The molecule has 0 saturated carbocycles. The number of hydrogen-bond acceptors (Lipinski definition) is 9. The van der Waals surface area contributed by atoms with Gasteiger partial charge in [-0.1, -0.05) is 40.0 Å². The third kappa shape index (κ3) is 8.03. The number of nitrogens with two attached hydrogens (primary N) is 4. The summed E-state index contributed by atoms with van der Waals surface area (Å²) >= 11 is 0. The number of amides is 1. The van der Waals surface area contributed by atoms with E-state index in [4.69, 9.17) is 22.9 Å². The van der Waals surface area contributed by atoms with Crippen molar-refractivity contribution in [3.8, 4) is 0 Å². The lowest BCUT2D eigenvalue weighted by molar-refractivity contribution is -0.179. The first kappa shape index (κ1) is 34.6. The van der Waals surface area contributed by atoms with Crippen LogP contribution in [-0.2, 0) is 24.0 Å². The van der Waals surface area contributed by atoms with Crippen molar-refractivity contribution in [2.24, 2.45) is 34.3 Å². The van der Waals surface area contributed by atoms with Crippen molar-refractivity contribution in [3.05, 3.63) is 0 Å². The molecule has 0 aliphatic carbocycles. The Labute approximate surface area is 219 Å². The van der Waals surface area contributed by atoms with E-state index in [0.29, 0.717) is 32.2 Å². The van der Waals surface area contributed by atoms with Crippen LogP contribution < -0.4 is 22.9 Å². The van der Waals surface area contributed by atoms with Gasteiger partial charge in [0.1, 0.15) is 0 Å². The maximum Gasteiger partial charge on any atom is 0.338 e. The molecule has 0 aliphatic rings. The molecule has 0 aliphatic heterocycles. The van der Waals surface area contributed by atoms with Gasteiger partial charge in [-0.05, 0) is 45.6 Å². The highest BCUT2D eigenvalue weighted by Gasteiger charge is 2.66. The topological polar surface area (TPSA) is 233 Å². The van der Waals surface area contributed by atoms with E-state index in [1.165, 1.54) is 13.8 Å². The Bertz CT molecular complexity index is 817. The lowest BCUT2D eigenvalue weighted by Crippen LogP contribution is -2.76. The van der Waals surface area contributed by atoms with Gasteiger partial charge in [0.15, 0.2) is 11.6 Å². The normalized spacial score (nSPS) is 15.9. The van der Waals surface area contributed by atoms with E-state index in [1.807, 2.05) is 6.92 Å². The Kier molecular flexibility index (Phi) is 14.1. The molecule has 214 valence electrons. The predicted molar refractivity (Wildman–Crippen MR) is 139 cm³/mol. The molecule has 0 spiro atoms. The molecule has 4 atom stereocenters. The number of unbranched alkanes of at least 4 members (excludes halogenated alkanes) is 3. The van der Waals surface area contributed by atoms with Crippen LogP contribution in [0.3, 0.4) is 0 Å². The van der Waals surface area contributed by atoms with Gasteiger partial charge in [-0.2, -0.15) is 0 Å². The van der Waals surface area contributed by atoms with Gasteiger partial charge in [0.05, 0.1) is 30.0 Å². The Morgan fingerprint density at radius 3 is 1.86 bits per heavy atom. The summed E-state index contributed by atoms with van der Waals surface area (Å²) in [4.78, 5) is 66.7. The third-order valence-corrected chi connectivity index (χ3v) is 6.88. The molecule has 0 fully saturated rings. The van der Waals surface area contributed by atoms with Crippen molar-refractivity contribution in [1.82, 2.24) is 4.90 Å². The van der Waals surface area contributed by atoms with Crippen molar-refractivity contribution in [2.45, 2.75) is 103 Å². The Morgan fingerprint density at radius 2 is 1.43 bits per heavy atom. The number of carboxylic acid groups (broad SMARTS) is 2. The Hall–Kier alpha value is -2.41. The standard InChI is InChI=1S/C25H47N5O7/c1-6-7-10-13-30(22(35)17(28)14-18(31)32)25(23(36)37,21(34)19(29)15(2)3)24(4,5)20(33)16(27)11-8-9-12-26/h15-17,19H,6-14,26-29H2,1-5H3,(H,31,32)(H,36,37). The Balaban J connectivity index is 7.23. The molecule has 12 heteroatoms. The highest BCUT2D eigenvalue weighted by Crippen LogP contribution is 2.42. The second-order valence-electron chi connectivity index (χ2n) is 10.4. The average Bonchev–Trinajstić information content (AvgIpc) is 2.80. The number of ketones is 2. The molecule has 0 aromatic carbocycles. The fraction of sp³-hybridized carbons (Fsp3) is 0.800. The zero-order valence-electron chi connectivity index (χ0n) is 22.9. The summed E-state index contributed by atoms with van der Waals surface area (Å²) in [6.45, 7) is 7.78. The summed E-state index contributed by atoms with van der Waals surface area (Å²) in [5.74, 6) is -6.52. The molecule has 0 bridgehead atoms. The van der Waals surface area contributed by atoms with Gasteiger partial charge in [0.25, 0.3) is 0 Å². The van der Waals surface area contributed by atoms with Crippen molar-refractivity contribution in [1.29, 1.82) is 0 Å². The molecule has 0 heterocycles. The minimum Gasteiger partial charge on any atom is -0.481 e. The zero-order chi connectivity index (χ0) is 29.1. The third-order valence-electron chi connectivity index (χ3n) is 6.88. The van der Waals surface area contributed by atoms with Crippen LogP contribution in [0.25, 0.3) is 0 Å². The number of hydrogen-bond donors (Lipinski definition) is 6. The highest BCUT2D eigenvalue weighted by molar-refractivity contribution is 6.17. The lowest BCUT2D eigenvalue weighted by atomic mass is 9.62. The molecule has 1 amide bonds. The second kappa shape index (κ2) is 15.1. The zero-order valence-corrected chi connectivity index (χ0v) is 22.9. The van der Waals surface area contributed by atoms with Gasteiger partial charge in [-0.25, -0.2) is 4.79 Å². The summed E-state index contributed by atoms with van der Waals surface area (Å²) in [7, 11) is 0. The van der Waals surface area contributed by atoms with Crippen LogP contribution >= 0.6 is 0 Å². The summed E-state index contributed by atoms with van der Waals surface area (Å²) in [5.41, 5.74) is 18.9. The van der Waals surface area contributed by atoms with E-state index in [0.717, 1.165) is 4.90 Å². The van der Waals surface area contributed by atoms with Crippen LogP contribution in [0.5, 0.6) is 0 Å². The number of Topliss-reactive ketones (excluding diaryl/α,β-unsaturated/α-hetero) is 2. The highest BCUT2D eigenvalue weighted by atomic mass is 16.4. The maximum absolute atomic E-state index is 14.0. The Morgan fingerprint density at radius 1 is 0.865 bits per heavy atom. The van der Waals surface area contributed by atoms with Crippen LogP contribution in [0.15, 0.2) is 0 Å². The fourth-order valence-electron chi connectivity index (χ4n) is 4.53. The van der Waals surface area contributed by atoms with E-state index < -0.39 is 70.8 Å². The molecule has 4 unspecified atom stereocenters. The average molecular weight is 530 g/mol. The smallest absolute Gasteiger partial charge is 0.338 e. The molecule has 0 rings (SSSR count). The summed E-state index contributed by atoms with van der Waals surface area (Å²) < 4.78 is 0. The maximum atomic E-state index is 14.0. The van der Waals surface area contributed by atoms with Gasteiger partial charge in [0, 0.05) is 6.54 Å². The minimum atomic E-state index is -2.78. The summed E-state index contributed by atoms with van der Waals surface area (Å²) in [6, 6.07) is -4.14. The molecule has 0 radical (unpaired) electrons. The number of aliphatic carboxylic acids is 2. The number of rotatable bonds is 19. The quantitative estimate of drug-likeness (QED) is 0.0978. The first-order chi connectivity index (χ1) is 17.0. The minimum absolute atomic E-state index is 0.196. The first-order valence-corrected chi connectivity index (χ1v) is 12.9. The van der Waals surface area contributed by atoms with Crippen LogP contribution in [0.2, 0.25) is 0 Å². The predicted octanol–water partition coefficient (Wildman–Crippen LogP) is 0.235. The van der Waals surface area contributed by atoms with E-state index in [2.05, 4.69) is 0 Å². The number of carbonyl (C=O) groups excluding carboxylic acids is 3. The number of carboxylic acids is 2. The molecule has 0 aromatic rings. The monoisotopic (exact) mass is 529 g/mol. The van der Waals surface area contributed by atoms with E-state index in [9.17, 15) is 34.2 Å². The van der Waals surface area contributed by atoms with Gasteiger partial charge in [-0.3, -0.25) is 19.2 Å². The van der Waals surface area contributed by atoms with Crippen LogP contribution in [0.4, 0.5) is 0 Å². The van der Waals surface area contributed by atoms with Crippen molar-refractivity contribution < 1.29 is 34.2 Å². The number of carbonyl (C=O) groups is 5. The fourth-order valence-corrected chi connectivity index (χ4v) is 4.53. The molecule has 12 nitrogen and oxygen atoms in total.